The Morgan fingerprint density at radius 3 is 2.62 bits per heavy atom. The lowest BCUT2D eigenvalue weighted by molar-refractivity contribution is -0.142. The first-order chi connectivity index (χ1) is 28.9. The third-order valence-corrected chi connectivity index (χ3v) is 11.5. The number of aryl methyl sites for hydroxylation is 2. The van der Waals surface area contributed by atoms with E-state index in [1.54, 1.807) is 19.3 Å². The average molecular weight is 834 g/mol. The molecule has 60 heavy (non-hydrogen) atoms. The van der Waals surface area contributed by atoms with Gasteiger partial charge in [-0.1, -0.05) is 12.1 Å². The number of para-hydroxylation sites is 1. The zero-order valence-corrected chi connectivity index (χ0v) is 33.2. The molecule has 1 aliphatic heterocycles. The first-order valence-electron chi connectivity index (χ1n) is 20.2. The molecule has 5 heterocycles. The number of benzene rings is 1. The number of carboxylic acids is 1. The van der Waals surface area contributed by atoms with E-state index >= 15 is 0 Å². The van der Waals surface area contributed by atoms with Gasteiger partial charge in [0.1, 0.15) is 17.4 Å². The number of nitrogens with two attached hydrogens (primary N) is 1. The summed E-state index contributed by atoms with van der Waals surface area (Å²) in [6.07, 6.45) is 7.07. The molecule has 2 fully saturated rings. The number of carboxylic acid groups (broad SMARTS) is 1. The number of imide groups is 1. The zero-order valence-electron chi connectivity index (χ0n) is 33.2. The minimum atomic E-state index is -2.91. The Morgan fingerprint density at radius 2 is 1.87 bits per heavy atom. The third-order valence-electron chi connectivity index (χ3n) is 11.5. The van der Waals surface area contributed by atoms with Crippen LogP contribution in [-0.4, -0.2) is 88.6 Å². The number of alkyl halides is 2. The highest BCUT2D eigenvalue weighted by atomic mass is 19.3. The number of ether oxygens (including phenoxy) is 1. The van der Waals surface area contributed by atoms with Crippen LogP contribution in [0.5, 0.6) is 0 Å². The fraction of sp³-hybridized carbons (Fsp3) is 0.500. The number of carbonyl (C=O) groups is 4. The second kappa shape index (κ2) is 18.5. The van der Waals surface area contributed by atoms with Crippen molar-refractivity contribution in [3.8, 4) is 0 Å². The summed E-state index contributed by atoms with van der Waals surface area (Å²) in [5.41, 5.74) is 7.42. The van der Waals surface area contributed by atoms with Gasteiger partial charge in [-0.2, -0.15) is 10.2 Å². The number of anilines is 2. The van der Waals surface area contributed by atoms with Gasteiger partial charge in [-0.25, -0.2) is 23.1 Å². The number of halogens is 2. The van der Waals surface area contributed by atoms with Gasteiger partial charge in [-0.15, -0.1) is 0 Å². The molecule has 18 nitrogen and oxygen atoms in total. The van der Waals surface area contributed by atoms with Crippen molar-refractivity contribution >= 4 is 51.9 Å². The zero-order chi connectivity index (χ0) is 42.5. The van der Waals surface area contributed by atoms with E-state index in [0.717, 1.165) is 23.9 Å². The van der Waals surface area contributed by atoms with Crippen molar-refractivity contribution in [2.24, 2.45) is 18.9 Å². The minimum Gasteiger partial charge on any atom is -0.481 e. The number of hydrogen-bond acceptors (Lipinski definition) is 11. The van der Waals surface area contributed by atoms with Crippen molar-refractivity contribution in [3.05, 3.63) is 70.2 Å². The number of piperidine rings is 1. The number of amides is 3. The average Bonchev–Trinajstić information content (AvgIpc) is 3.91. The lowest BCUT2D eigenvalue weighted by atomic mass is 9.86. The van der Waals surface area contributed by atoms with Crippen molar-refractivity contribution in [2.45, 2.75) is 82.7 Å². The molecule has 0 radical (unpaired) electrons. The Labute approximate surface area is 342 Å². The number of nitrogen functional groups attached to an aromatic ring is 1. The highest BCUT2D eigenvalue weighted by Gasteiger charge is 2.32. The topological polar surface area (TPSA) is 235 Å². The molecule has 0 bridgehead atoms. The lowest BCUT2D eigenvalue weighted by Crippen LogP contribution is -2.44. The van der Waals surface area contributed by atoms with Gasteiger partial charge in [-0.3, -0.25) is 38.3 Å². The van der Waals surface area contributed by atoms with Crippen LogP contribution in [-0.2, 0) is 32.6 Å². The van der Waals surface area contributed by atoms with Crippen LogP contribution in [0, 0.1) is 11.8 Å². The van der Waals surface area contributed by atoms with Crippen molar-refractivity contribution in [3.63, 3.8) is 0 Å². The van der Waals surface area contributed by atoms with Crippen molar-refractivity contribution in [2.75, 3.05) is 37.4 Å². The summed E-state index contributed by atoms with van der Waals surface area (Å²) in [6.45, 7) is 1.79. The molecular weight excluding hydrogens is 785 g/mol. The van der Waals surface area contributed by atoms with E-state index in [1.807, 2.05) is 12.1 Å². The first kappa shape index (κ1) is 42.1. The lowest BCUT2D eigenvalue weighted by Gasteiger charge is -2.29. The monoisotopic (exact) mass is 833 g/mol. The predicted molar refractivity (Wildman–Crippen MR) is 215 cm³/mol. The number of aromatic nitrogens is 7. The quantitative estimate of drug-likeness (QED) is 0.0627. The van der Waals surface area contributed by atoms with Crippen molar-refractivity contribution in [1.82, 2.24) is 44.1 Å². The second-order valence-electron chi connectivity index (χ2n) is 15.5. The number of rotatable bonds is 18. The molecule has 6 N–H and O–H groups in total. The van der Waals surface area contributed by atoms with Crippen LogP contribution in [0.3, 0.4) is 0 Å². The van der Waals surface area contributed by atoms with Gasteiger partial charge in [0.15, 0.2) is 11.3 Å². The third kappa shape index (κ3) is 9.23. The molecule has 1 saturated carbocycles. The molecule has 7 rings (SSSR count). The largest absolute Gasteiger partial charge is 0.481 e. The van der Waals surface area contributed by atoms with Gasteiger partial charge in [0.25, 0.3) is 12.3 Å². The fourth-order valence-electron chi connectivity index (χ4n) is 8.32. The molecule has 5 aromatic rings. The van der Waals surface area contributed by atoms with Crippen LogP contribution in [0.1, 0.15) is 97.9 Å². The molecule has 2 aliphatic rings. The molecule has 1 aromatic carbocycles. The summed E-state index contributed by atoms with van der Waals surface area (Å²) >= 11 is 0. The number of hydrogen-bond donors (Lipinski definition) is 5. The van der Waals surface area contributed by atoms with E-state index in [1.165, 1.54) is 36.8 Å². The van der Waals surface area contributed by atoms with Crippen LogP contribution in [0.2, 0.25) is 0 Å². The Morgan fingerprint density at radius 1 is 1.08 bits per heavy atom. The number of nitrogens with zero attached hydrogens (tertiary/aromatic N) is 7. The summed E-state index contributed by atoms with van der Waals surface area (Å²) in [4.78, 5) is 66.6. The summed E-state index contributed by atoms with van der Waals surface area (Å²) in [6, 6.07) is 6.23. The number of fused-ring (bicyclic) bond motifs is 2. The van der Waals surface area contributed by atoms with E-state index in [0.29, 0.717) is 70.3 Å². The normalized spacial score (nSPS) is 19.0. The molecule has 20 heteroatoms. The van der Waals surface area contributed by atoms with Crippen LogP contribution in [0.4, 0.5) is 20.3 Å². The van der Waals surface area contributed by atoms with Crippen LogP contribution in [0.15, 0.2) is 47.7 Å². The standard InChI is InChI=1S/C40H49F2N11O7/c1-50-34-24(5-2-8-29(34)53(40(50)59)30-13-14-32(54)48-38(30)56)6-3-17-60-18-4-7-25(39(57)58)20-44-19-23-9-11-26(12-10-23)52-22-28(33(49-52)35(41)42)46-37(55)27-21-45-51-16-15-31(43)47-36(27)51/h2,5,8,15-16,21-23,25-26,30,35,44H,3-4,6-7,9-14,17-20H2,1H3,(H2,43,47)(H,46,55)(H,57,58)(H,48,54,56). The van der Waals surface area contributed by atoms with Gasteiger partial charge in [0.2, 0.25) is 11.8 Å². The molecule has 320 valence electrons. The van der Waals surface area contributed by atoms with Gasteiger partial charge < -0.3 is 26.2 Å². The van der Waals surface area contributed by atoms with E-state index in [4.69, 9.17) is 10.5 Å². The summed E-state index contributed by atoms with van der Waals surface area (Å²) in [5, 5.41) is 26.3. The SMILES string of the molecule is Cn1c(=O)n(C2CCC(=O)NC2=O)c2cccc(CCCOCCCC(CNCC3CCC(n4cc(NC(=O)c5cnn6ccc(N)nc56)c(C(F)F)n4)CC3)C(=O)O)c21. The first-order valence-corrected chi connectivity index (χ1v) is 20.2. The Hall–Kier alpha value is -6.02. The Kier molecular flexibility index (Phi) is 13.0. The summed E-state index contributed by atoms with van der Waals surface area (Å²) in [5.74, 6) is -2.49. The Balaban J connectivity index is 0.819. The van der Waals surface area contributed by atoms with Gasteiger partial charge in [0.05, 0.1) is 34.9 Å². The molecule has 0 spiro atoms. The Bertz CT molecular complexity index is 2430. The minimum absolute atomic E-state index is 0.0818. The van der Waals surface area contributed by atoms with Crippen LogP contribution >= 0.6 is 0 Å². The predicted octanol–water partition coefficient (Wildman–Crippen LogP) is 3.78. The molecule has 2 unspecified atom stereocenters. The number of nitrogens with one attached hydrogen (secondary N) is 3. The maximum Gasteiger partial charge on any atom is 0.329 e. The summed E-state index contributed by atoms with van der Waals surface area (Å²) < 4.78 is 39.7. The highest BCUT2D eigenvalue weighted by molar-refractivity contribution is 6.08. The van der Waals surface area contributed by atoms with Gasteiger partial charge in [0, 0.05) is 45.6 Å². The highest BCUT2D eigenvalue weighted by Crippen LogP contribution is 2.35. The van der Waals surface area contributed by atoms with Crippen molar-refractivity contribution < 1.29 is 37.8 Å². The molecule has 4 aromatic heterocycles. The summed E-state index contributed by atoms with van der Waals surface area (Å²) in [7, 11) is 1.67. The molecule has 1 aliphatic carbocycles. The number of imidazole rings is 1. The molecule has 1 saturated heterocycles. The molecule has 3 amide bonds. The second-order valence-corrected chi connectivity index (χ2v) is 15.5. The van der Waals surface area contributed by atoms with Crippen molar-refractivity contribution in [1.29, 1.82) is 0 Å². The number of carbonyl (C=O) groups excluding carboxylic acids is 3. The molecule has 2 atom stereocenters. The van der Waals surface area contributed by atoms with E-state index < -0.39 is 41.9 Å². The van der Waals surface area contributed by atoms with E-state index in [-0.39, 0.29) is 59.1 Å². The van der Waals surface area contributed by atoms with Crippen LogP contribution in [0.25, 0.3) is 16.7 Å². The fourth-order valence-corrected chi connectivity index (χ4v) is 8.32. The molecular formula is C40H49F2N11O7. The maximum absolute atomic E-state index is 14.0. The smallest absolute Gasteiger partial charge is 0.329 e. The van der Waals surface area contributed by atoms with E-state index in [2.05, 4.69) is 31.1 Å². The number of aliphatic carboxylic acids is 1. The van der Waals surface area contributed by atoms with Gasteiger partial charge >= 0.3 is 11.7 Å². The van der Waals surface area contributed by atoms with Crippen LogP contribution < -0.4 is 27.4 Å². The van der Waals surface area contributed by atoms with Gasteiger partial charge in [-0.05, 0) is 87.9 Å². The van der Waals surface area contributed by atoms with E-state index in [9.17, 15) is 37.9 Å². The maximum atomic E-state index is 14.0.